The van der Waals surface area contributed by atoms with Crippen LogP contribution in [0.3, 0.4) is 0 Å². The third-order valence-electron chi connectivity index (χ3n) is 4.79. The van der Waals surface area contributed by atoms with Gasteiger partial charge in [-0.15, -0.1) is 0 Å². The first kappa shape index (κ1) is 16.8. The minimum Gasteiger partial charge on any atom is -0.457 e. The van der Waals surface area contributed by atoms with Crippen molar-refractivity contribution in [3.63, 3.8) is 0 Å². The van der Waals surface area contributed by atoms with Gasteiger partial charge in [0, 0.05) is 18.7 Å². The molecule has 2 heterocycles. The maximum absolute atomic E-state index is 12.2. The minimum absolute atomic E-state index is 0.223. The third-order valence-corrected chi connectivity index (χ3v) is 4.79. The molecule has 24 heavy (non-hydrogen) atoms. The van der Waals surface area contributed by atoms with E-state index in [4.69, 9.17) is 9.47 Å². The molecule has 1 saturated heterocycles. The monoisotopic (exact) mass is 331 g/mol. The van der Waals surface area contributed by atoms with Gasteiger partial charge in [-0.25, -0.2) is 9.59 Å². The number of nitrogens with zero attached hydrogens (tertiary/aromatic N) is 1. The highest BCUT2D eigenvalue weighted by molar-refractivity contribution is 5.94. The molecule has 130 valence electrons. The number of carbonyl (C=O) groups excluding carboxylic acids is 2. The van der Waals surface area contributed by atoms with E-state index in [2.05, 4.69) is 13.0 Å². The molecule has 0 unspecified atom stereocenters. The Labute approximate surface area is 142 Å². The van der Waals surface area contributed by atoms with Crippen LogP contribution < -0.4 is 0 Å². The van der Waals surface area contributed by atoms with Crippen molar-refractivity contribution in [1.82, 2.24) is 4.90 Å². The molecule has 0 N–H and O–H groups in total. The lowest BCUT2D eigenvalue weighted by atomic mass is 9.84. The second-order valence-corrected chi connectivity index (χ2v) is 7.62. The summed E-state index contributed by atoms with van der Waals surface area (Å²) in [5.74, 6) is 0.184. The van der Waals surface area contributed by atoms with Crippen LogP contribution in [-0.4, -0.2) is 35.7 Å². The van der Waals surface area contributed by atoms with E-state index in [0.717, 1.165) is 24.0 Å². The van der Waals surface area contributed by atoms with Gasteiger partial charge >= 0.3 is 12.1 Å². The minimum atomic E-state index is -0.461. The molecule has 1 fully saturated rings. The van der Waals surface area contributed by atoms with Gasteiger partial charge in [-0.2, -0.15) is 0 Å². The number of rotatable bonds is 1. The molecule has 2 aliphatic rings. The van der Waals surface area contributed by atoms with Crippen molar-refractivity contribution in [2.45, 2.75) is 58.7 Å². The summed E-state index contributed by atoms with van der Waals surface area (Å²) in [7, 11) is 0. The average molecular weight is 331 g/mol. The Morgan fingerprint density at radius 1 is 1.25 bits per heavy atom. The van der Waals surface area contributed by atoms with Crippen LogP contribution in [0.15, 0.2) is 12.1 Å². The molecule has 0 spiro atoms. The fraction of sp³-hybridized carbons (Fsp3) is 0.579. The molecule has 1 aromatic carbocycles. The number of benzene rings is 1. The van der Waals surface area contributed by atoms with Gasteiger partial charge in [0.15, 0.2) is 0 Å². The highest BCUT2D eigenvalue weighted by Gasteiger charge is 2.30. The number of hydrogen-bond acceptors (Lipinski definition) is 4. The van der Waals surface area contributed by atoms with Crippen LogP contribution >= 0.6 is 0 Å². The summed E-state index contributed by atoms with van der Waals surface area (Å²) in [4.78, 5) is 25.6. The average Bonchev–Trinajstić information content (AvgIpc) is 2.89. The van der Waals surface area contributed by atoms with Gasteiger partial charge in [0.2, 0.25) is 0 Å². The van der Waals surface area contributed by atoms with Crippen molar-refractivity contribution in [2.24, 2.45) is 0 Å². The second kappa shape index (κ2) is 6.11. The number of carbonyl (C=O) groups is 2. The van der Waals surface area contributed by atoms with Crippen LogP contribution in [-0.2, 0) is 16.1 Å². The Balaban J connectivity index is 1.68. The van der Waals surface area contributed by atoms with Gasteiger partial charge < -0.3 is 14.4 Å². The molecule has 5 nitrogen and oxygen atoms in total. The maximum Gasteiger partial charge on any atom is 0.410 e. The van der Waals surface area contributed by atoms with Crippen LogP contribution in [0.5, 0.6) is 0 Å². The van der Waals surface area contributed by atoms with Crippen LogP contribution in [0, 0.1) is 6.92 Å². The molecular formula is C19H25NO4. The molecule has 0 aliphatic carbocycles. The van der Waals surface area contributed by atoms with Gasteiger partial charge in [0.1, 0.15) is 12.2 Å². The Kier molecular flexibility index (Phi) is 4.28. The van der Waals surface area contributed by atoms with E-state index in [1.807, 2.05) is 26.8 Å². The molecule has 5 heteroatoms. The number of amides is 1. The van der Waals surface area contributed by atoms with E-state index in [-0.39, 0.29) is 12.1 Å². The molecule has 0 bridgehead atoms. The summed E-state index contributed by atoms with van der Waals surface area (Å²) in [6, 6.07) is 3.93. The maximum atomic E-state index is 12.2. The zero-order valence-corrected chi connectivity index (χ0v) is 14.8. The number of hydrogen-bond donors (Lipinski definition) is 0. The molecular weight excluding hydrogens is 306 g/mol. The highest BCUT2D eigenvalue weighted by Crippen LogP contribution is 2.35. The number of piperidine rings is 1. The molecule has 3 rings (SSSR count). The first-order valence-electron chi connectivity index (χ1n) is 8.53. The topological polar surface area (TPSA) is 55.8 Å². The smallest absolute Gasteiger partial charge is 0.410 e. The normalized spacial score (nSPS) is 18.3. The van der Waals surface area contributed by atoms with Gasteiger partial charge in [-0.05, 0) is 63.6 Å². The van der Waals surface area contributed by atoms with Crippen molar-refractivity contribution in [1.29, 1.82) is 0 Å². The number of esters is 1. The zero-order chi connectivity index (χ0) is 17.5. The van der Waals surface area contributed by atoms with Gasteiger partial charge in [0.25, 0.3) is 0 Å². The molecule has 0 radical (unpaired) electrons. The first-order valence-corrected chi connectivity index (χ1v) is 8.53. The SMILES string of the molecule is Cc1c(C2CCN(C(=O)OC(C)(C)C)CC2)ccc2c1COC2=O. The van der Waals surface area contributed by atoms with Crippen LogP contribution in [0.2, 0.25) is 0 Å². The van der Waals surface area contributed by atoms with Crippen LogP contribution in [0.25, 0.3) is 0 Å². The molecule has 1 amide bonds. The van der Waals surface area contributed by atoms with E-state index in [9.17, 15) is 9.59 Å². The summed E-state index contributed by atoms with van der Waals surface area (Å²) in [5.41, 5.74) is 3.69. The molecule has 2 aliphatic heterocycles. The summed E-state index contributed by atoms with van der Waals surface area (Å²) >= 11 is 0. The van der Waals surface area contributed by atoms with Crippen molar-refractivity contribution < 1.29 is 19.1 Å². The number of ether oxygens (including phenoxy) is 2. The van der Waals surface area contributed by atoms with E-state index < -0.39 is 5.60 Å². The first-order chi connectivity index (χ1) is 11.3. The third kappa shape index (κ3) is 3.25. The predicted octanol–water partition coefficient (Wildman–Crippen LogP) is 3.78. The fourth-order valence-electron chi connectivity index (χ4n) is 3.51. The van der Waals surface area contributed by atoms with Gasteiger partial charge in [-0.1, -0.05) is 6.07 Å². The van der Waals surface area contributed by atoms with Crippen molar-refractivity contribution in [2.75, 3.05) is 13.1 Å². The van der Waals surface area contributed by atoms with Gasteiger partial charge in [0.05, 0.1) is 5.56 Å². The van der Waals surface area contributed by atoms with Crippen LogP contribution in [0.4, 0.5) is 4.79 Å². The molecule has 0 saturated carbocycles. The Bertz CT molecular complexity index is 667. The number of fused-ring (bicyclic) bond motifs is 1. The number of cyclic esters (lactones) is 1. The lowest BCUT2D eigenvalue weighted by Gasteiger charge is -2.34. The van der Waals surface area contributed by atoms with Crippen LogP contribution in [0.1, 0.15) is 66.6 Å². The Morgan fingerprint density at radius 3 is 2.54 bits per heavy atom. The predicted molar refractivity (Wildman–Crippen MR) is 90.1 cm³/mol. The Hall–Kier alpha value is -2.04. The summed E-state index contributed by atoms with van der Waals surface area (Å²) in [6.45, 7) is 9.50. The lowest BCUT2D eigenvalue weighted by molar-refractivity contribution is 0.0204. The molecule has 0 aromatic heterocycles. The summed E-state index contributed by atoms with van der Waals surface area (Å²) < 4.78 is 10.6. The summed E-state index contributed by atoms with van der Waals surface area (Å²) in [6.07, 6.45) is 1.59. The Morgan fingerprint density at radius 2 is 1.92 bits per heavy atom. The van der Waals surface area contributed by atoms with Crippen molar-refractivity contribution >= 4 is 12.1 Å². The van der Waals surface area contributed by atoms with Crippen molar-refractivity contribution in [3.05, 3.63) is 34.4 Å². The zero-order valence-electron chi connectivity index (χ0n) is 14.8. The van der Waals surface area contributed by atoms with E-state index in [1.165, 1.54) is 5.56 Å². The standard InChI is InChI=1S/C19H25NO4/c1-12-14(5-6-15-16(12)11-23-17(15)21)13-7-9-20(10-8-13)18(22)24-19(2,3)4/h5-6,13H,7-11H2,1-4H3. The van der Waals surface area contributed by atoms with E-state index in [1.54, 1.807) is 4.90 Å². The number of likely N-dealkylation sites (tertiary alicyclic amines) is 1. The largest absolute Gasteiger partial charge is 0.457 e. The van der Waals surface area contributed by atoms with Crippen molar-refractivity contribution in [3.8, 4) is 0 Å². The highest BCUT2D eigenvalue weighted by atomic mass is 16.6. The lowest BCUT2D eigenvalue weighted by Crippen LogP contribution is -2.41. The molecule has 1 aromatic rings. The van der Waals surface area contributed by atoms with E-state index >= 15 is 0 Å². The molecule has 0 atom stereocenters. The quantitative estimate of drug-likeness (QED) is 0.735. The van der Waals surface area contributed by atoms with E-state index in [0.29, 0.717) is 31.2 Å². The van der Waals surface area contributed by atoms with Gasteiger partial charge in [-0.3, -0.25) is 0 Å². The fourth-order valence-corrected chi connectivity index (χ4v) is 3.51. The summed E-state index contributed by atoms with van der Waals surface area (Å²) in [5, 5.41) is 0. The second-order valence-electron chi connectivity index (χ2n) is 7.62.